The molecule has 1 aromatic carbocycles. The maximum absolute atomic E-state index is 13.3. The van der Waals surface area contributed by atoms with Crippen LogP contribution in [0.3, 0.4) is 0 Å². The van der Waals surface area contributed by atoms with Gasteiger partial charge in [-0.05, 0) is 24.6 Å². The predicted molar refractivity (Wildman–Crippen MR) is 53.8 cm³/mol. The molecule has 1 unspecified atom stereocenters. The monoisotopic (exact) mass is 338 g/mol. The van der Waals surface area contributed by atoms with Gasteiger partial charge in [0.05, 0.1) is 0 Å². The second-order valence-corrected chi connectivity index (χ2v) is 4.52. The van der Waals surface area contributed by atoms with E-state index in [2.05, 4.69) is 15.9 Å². The highest BCUT2D eigenvalue weighted by Crippen LogP contribution is 2.49. The molecule has 0 aliphatic rings. The number of benzene rings is 1. The first-order valence-corrected chi connectivity index (χ1v) is 5.44. The van der Waals surface area contributed by atoms with Crippen LogP contribution in [0.15, 0.2) is 12.1 Å². The van der Waals surface area contributed by atoms with Crippen molar-refractivity contribution in [3.8, 4) is 0 Å². The molecule has 8 heteroatoms. The molecule has 0 nitrogen and oxygen atoms in total. The van der Waals surface area contributed by atoms with Gasteiger partial charge in [-0.1, -0.05) is 15.9 Å². The molecule has 0 aliphatic heterocycles. The van der Waals surface area contributed by atoms with Gasteiger partial charge in [0.25, 0.3) is 0 Å². The molecule has 0 radical (unpaired) electrons. The predicted octanol–water partition coefficient (Wildman–Crippen LogP) is 4.91. The minimum absolute atomic E-state index is 0.189. The van der Waals surface area contributed by atoms with E-state index in [1.807, 2.05) is 0 Å². The average molecular weight is 339 g/mol. The second-order valence-electron chi connectivity index (χ2n) is 3.61. The van der Waals surface area contributed by atoms with Crippen molar-refractivity contribution in [2.24, 2.45) is 0 Å². The third-order valence-corrected chi connectivity index (χ3v) is 3.32. The van der Waals surface area contributed by atoms with Gasteiger partial charge in [0, 0.05) is 5.56 Å². The highest BCUT2D eigenvalue weighted by Gasteiger charge is 2.62. The Hall–Kier alpha value is -0.790. The van der Waals surface area contributed by atoms with Crippen molar-refractivity contribution in [3.05, 3.63) is 34.9 Å². The highest BCUT2D eigenvalue weighted by atomic mass is 79.9. The van der Waals surface area contributed by atoms with Crippen molar-refractivity contribution in [2.45, 2.75) is 23.8 Å². The summed E-state index contributed by atoms with van der Waals surface area (Å²) in [6.45, 7) is 1.16. The molecule has 0 bridgehead atoms. The summed E-state index contributed by atoms with van der Waals surface area (Å²) >= 11 is 2.08. The van der Waals surface area contributed by atoms with E-state index < -0.39 is 34.1 Å². The number of hydrogen-bond acceptors (Lipinski definition) is 0. The molecule has 102 valence electrons. The van der Waals surface area contributed by atoms with Crippen molar-refractivity contribution in [1.29, 1.82) is 0 Å². The Labute approximate surface area is 106 Å². The Morgan fingerprint density at radius 3 is 1.94 bits per heavy atom. The molecule has 18 heavy (non-hydrogen) atoms. The van der Waals surface area contributed by atoms with Crippen LogP contribution in [0.1, 0.15) is 16.0 Å². The SMILES string of the molecule is Cc1cc(F)c(C(Br)C(F)(F)C(F)(F)F)cc1F. The van der Waals surface area contributed by atoms with Crippen LogP contribution in [0.5, 0.6) is 0 Å². The molecule has 0 heterocycles. The summed E-state index contributed by atoms with van der Waals surface area (Å²) in [5, 5.41) is 0. The summed E-state index contributed by atoms with van der Waals surface area (Å²) in [4.78, 5) is -2.69. The Morgan fingerprint density at radius 2 is 1.50 bits per heavy atom. The third kappa shape index (κ3) is 2.62. The van der Waals surface area contributed by atoms with Crippen molar-refractivity contribution in [3.63, 3.8) is 0 Å². The van der Waals surface area contributed by atoms with Crippen LogP contribution in [0.25, 0.3) is 0 Å². The highest BCUT2D eigenvalue weighted by molar-refractivity contribution is 9.09. The fraction of sp³-hybridized carbons (Fsp3) is 0.400. The second kappa shape index (κ2) is 4.71. The Kier molecular flexibility index (Phi) is 4.00. The lowest BCUT2D eigenvalue weighted by molar-refractivity contribution is -0.281. The van der Waals surface area contributed by atoms with E-state index in [4.69, 9.17) is 0 Å². The summed E-state index contributed by atoms with van der Waals surface area (Å²) in [6.07, 6.45) is -5.87. The van der Waals surface area contributed by atoms with Crippen molar-refractivity contribution >= 4 is 15.9 Å². The molecule has 0 aliphatic carbocycles. The minimum Gasteiger partial charge on any atom is -0.207 e. The van der Waals surface area contributed by atoms with Crippen LogP contribution >= 0.6 is 15.9 Å². The van der Waals surface area contributed by atoms with Gasteiger partial charge in [0.15, 0.2) is 0 Å². The first-order chi connectivity index (χ1) is 7.98. The van der Waals surface area contributed by atoms with Gasteiger partial charge in [0.2, 0.25) is 0 Å². The van der Waals surface area contributed by atoms with E-state index in [0.29, 0.717) is 12.1 Å². The Balaban J connectivity index is 3.27. The van der Waals surface area contributed by atoms with Crippen LogP contribution in [0, 0.1) is 18.6 Å². The first-order valence-electron chi connectivity index (χ1n) is 4.52. The van der Waals surface area contributed by atoms with Crippen molar-refractivity contribution < 1.29 is 30.7 Å². The zero-order valence-corrected chi connectivity index (χ0v) is 10.3. The van der Waals surface area contributed by atoms with Crippen molar-refractivity contribution in [2.75, 3.05) is 0 Å². The van der Waals surface area contributed by atoms with Crippen LogP contribution in [-0.2, 0) is 0 Å². The lowest BCUT2D eigenvalue weighted by Gasteiger charge is -2.25. The van der Waals surface area contributed by atoms with E-state index in [9.17, 15) is 30.7 Å². The molecule has 0 saturated carbocycles. The average Bonchev–Trinajstić information content (AvgIpc) is 2.20. The molecule has 1 atom stereocenters. The topological polar surface area (TPSA) is 0 Å². The fourth-order valence-corrected chi connectivity index (χ4v) is 1.81. The van der Waals surface area contributed by atoms with E-state index in [0.717, 1.165) is 6.92 Å². The van der Waals surface area contributed by atoms with Gasteiger partial charge < -0.3 is 0 Å². The normalized spacial score (nSPS) is 14.7. The van der Waals surface area contributed by atoms with Gasteiger partial charge in [0.1, 0.15) is 16.5 Å². The lowest BCUT2D eigenvalue weighted by Crippen LogP contribution is -2.40. The van der Waals surface area contributed by atoms with E-state index in [1.54, 1.807) is 0 Å². The molecule has 1 aromatic rings. The molecule has 1 rings (SSSR count). The Bertz CT molecular complexity index is 452. The quantitative estimate of drug-likeness (QED) is 0.531. The largest absolute Gasteiger partial charge is 0.454 e. The first kappa shape index (κ1) is 15.3. The molecule has 0 spiro atoms. The van der Waals surface area contributed by atoms with Gasteiger partial charge in [-0.15, -0.1) is 0 Å². The fourth-order valence-electron chi connectivity index (χ4n) is 1.19. The zero-order valence-electron chi connectivity index (χ0n) is 8.76. The lowest BCUT2D eigenvalue weighted by atomic mass is 10.0. The minimum atomic E-state index is -5.87. The molecule has 0 saturated heterocycles. The molecular formula is C10H6BrF7. The summed E-state index contributed by atoms with van der Waals surface area (Å²) < 4.78 is 88.6. The van der Waals surface area contributed by atoms with E-state index >= 15 is 0 Å². The van der Waals surface area contributed by atoms with Gasteiger partial charge in [-0.2, -0.15) is 22.0 Å². The van der Waals surface area contributed by atoms with E-state index in [-0.39, 0.29) is 5.56 Å². The van der Waals surface area contributed by atoms with Gasteiger partial charge in [-0.25, -0.2) is 8.78 Å². The summed E-state index contributed by atoms with van der Waals surface area (Å²) in [7, 11) is 0. The van der Waals surface area contributed by atoms with Crippen LogP contribution in [0.2, 0.25) is 0 Å². The molecule has 0 fully saturated rings. The van der Waals surface area contributed by atoms with Gasteiger partial charge in [-0.3, -0.25) is 0 Å². The molecule has 0 amide bonds. The number of hydrogen-bond donors (Lipinski definition) is 0. The smallest absolute Gasteiger partial charge is 0.207 e. The number of halogens is 8. The maximum atomic E-state index is 13.3. The number of alkyl halides is 6. The Morgan fingerprint density at radius 1 is 1.00 bits per heavy atom. The summed E-state index contributed by atoms with van der Waals surface area (Å²) in [5.41, 5.74) is -1.27. The van der Waals surface area contributed by atoms with Crippen LogP contribution in [0.4, 0.5) is 30.7 Å². The zero-order chi connectivity index (χ0) is 14.3. The van der Waals surface area contributed by atoms with Gasteiger partial charge >= 0.3 is 12.1 Å². The maximum Gasteiger partial charge on any atom is 0.454 e. The molecule has 0 aromatic heterocycles. The third-order valence-electron chi connectivity index (χ3n) is 2.25. The number of aryl methyl sites for hydroxylation is 1. The summed E-state index contributed by atoms with van der Waals surface area (Å²) in [6, 6.07) is 0.884. The number of rotatable bonds is 2. The standard InChI is InChI=1S/C10H6BrF7/c1-4-2-7(13)5(3-6(4)12)8(11)9(14,15)10(16,17)18/h2-3,8H,1H3. The van der Waals surface area contributed by atoms with Crippen LogP contribution in [-0.4, -0.2) is 12.1 Å². The van der Waals surface area contributed by atoms with E-state index in [1.165, 1.54) is 0 Å². The van der Waals surface area contributed by atoms with Crippen LogP contribution < -0.4 is 0 Å². The van der Waals surface area contributed by atoms with Crippen molar-refractivity contribution in [1.82, 2.24) is 0 Å². The summed E-state index contributed by atoms with van der Waals surface area (Å²) in [5.74, 6) is -7.61. The molecule has 0 N–H and O–H groups in total. The molecular weight excluding hydrogens is 333 g/mol.